The molecule has 1 N–H and O–H groups in total. The van der Waals surface area contributed by atoms with Crippen LogP contribution in [-0.2, 0) is 16.6 Å². The maximum Gasteiger partial charge on any atom is 0.245 e. The molecule has 2 aromatic rings. The first-order valence-corrected chi connectivity index (χ1v) is 9.10. The topological polar surface area (TPSA) is 62.3 Å². The Hall–Kier alpha value is -1.44. The highest BCUT2D eigenvalue weighted by atomic mass is 32.2. The summed E-state index contributed by atoms with van der Waals surface area (Å²) in [6.07, 6.45) is 0.934. The second kappa shape index (κ2) is 7.02. The van der Waals surface area contributed by atoms with Crippen LogP contribution in [0.1, 0.15) is 19.0 Å². The molecule has 2 rings (SSSR count). The van der Waals surface area contributed by atoms with E-state index in [1.165, 1.54) is 15.6 Å². The van der Waals surface area contributed by atoms with Crippen LogP contribution in [0.25, 0.3) is 0 Å². The van der Waals surface area contributed by atoms with Gasteiger partial charge in [0, 0.05) is 19.0 Å². The highest BCUT2D eigenvalue weighted by molar-refractivity contribution is 7.89. The molecule has 114 valence electrons. The molecule has 0 bridgehead atoms. The van der Waals surface area contributed by atoms with Crippen LogP contribution < -0.4 is 5.32 Å². The number of thiazole rings is 1. The van der Waals surface area contributed by atoms with Crippen molar-refractivity contribution < 1.29 is 8.42 Å². The van der Waals surface area contributed by atoms with E-state index in [0.29, 0.717) is 10.6 Å². The Labute approximate surface area is 129 Å². The van der Waals surface area contributed by atoms with Gasteiger partial charge in [-0.1, -0.05) is 19.1 Å². The second-order valence-electron chi connectivity index (χ2n) is 4.66. The molecule has 7 heteroatoms. The monoisotopic (exact) mass is 325 g/mol. The van der Waals surface area contributed by atoms with Gasteiger partial charge in [-0.3, -0.25) is 0 Å². The number of rotatable bonds is 7. The van der Waals surface area contributed by atoms with Crippen molar-refractivity contribution in [3.05, 3.63) is 40.8 Å². The van der Waals surface area contributed by atoms with Crippen molar-refractivity contribution in [1.29, 1.82) is 0 Å². The lowest BCUT2D eigenvalue weighted by atomic mass is 10.3. The summed E-state index contributed by atoms with van der Waals surface area (Å²) in [5.74, 6) is 0. The smallest absolute Gasteiger partial charge is 0.245 e. The van der Waals surface area contributed by atoms with Gasteiger partial charge in [-0.15, -0.1) is 11.3 Å². The van der Waals surface area contributed by atoms with Gasteiger partial charge in [-0.05, 0) is 18.6 Å². The van der Waals surface area contributed by atoms with Crippen LogP contribution >= 0.6 is 11.3 Å². The number of nitrogens with one attached hydrogen (secondary N) is 1. The number of aromatic nitrogens is 1. The zero-order valence-electron chi connectivity index (χ0n) is 12.1. The van der Waals surface area contributed by atoms with Crippen molar-refractivity contribution in [3.63, 3.8) is 0 Å². The molecule has 0 atom stereocenters. The Morgan fingerprint density at radius 2 is 2.10 bits per heavy atom. The Balaban J connectivity index is 2.26. The molecule has 0 aliphatic rings. The van der Waals surface area contributed by atoms with Gasteiger partial charge in [0.05, 0.1) is 23.4 Å². The van der Waals surface area contributed by atoms with Gasteiger partial charge in [-0.25, -0.2) is 13.4 Å². The summed E-state index contributed by atoms with van der Waals surface area (Å²) in [7, 11) is -1.97. The number of hydrogen-bond donors (Lipinski definition) is 1. The fraction of sp³-hybridized carbons (Fsp3) is 0.357. The molecular formula is C14H19N3O2S2. The van der Waals surface area contributed by atoms with Crippen LogP contribution in [0.4, 0.5) is 5.69 Å². The van der Waals surface area contributed by atoms with Crippen molar-refractivity contribution >= 4 is 27.0 Å². The largest absolute Gasteiger partial charge is 0.384 e. The lowest BCUT2D eigenvalue weighted by molar-refractivity contribution is 0.463. The van der Waals surface area contributed by atoms with Crippen LogP contribution in [0.15, 0.2) is 40.1 Å². The summed E-state index contributed by atoms with van der Waals surface area (Å²) in [6, 6.07) is 6.99. The van der Waals surface area contributed by atoms with Gasteiger partial charge in [0.15, 0.2) is 0 Å². The van der Waals surface area contributed by atoms with Gasteiger partial charge in [0.1, 0.15) is 4.90 Å². The lowest BCUT2D eigenvalue weighted by Crippen LogP contribution is -2.27. The minimum Gasteiger partial charge on any atom is -0.384 e. The van der Waals surface area contributed by atoms with Gasteiger partial charge in [0.25, 0.3) is 0 Å². The Morgan fingerprint density at radius 3 is 2.76 bits per heavy atom. The SMILES string of the molecule is CCCNc1ccccc1S(=O)(=O)N(C)Cc1cscn1. The maximum atomic E-state index is 12.7. The minimum absolute atomic E-state index is 0.272. The Bertz CT molecular complexity index is 669. The van der Waals surface area contributed by atoms with E-state index in [0.717, 1.165) is 18.7 Å². The number of nitrogens with zero attached hydrogens (tertiary/aromatic N) is 2. The van der Waals surface area contributed by atoms with Gasteiger partial charge < -0.3 is 5.32 Å². The molecular weight excluding hydrogens is 306 g/mol. The van der Waals surface area contributed by atoms with E-state index < -0.39 is 10.0 Å². The third kappa shape index (κ3) is 3.81. The summed E-state index contributed by atoms with van der Waals surface area (Å²) < 4.78 is 26.7. The fourth-order valence-corrected chi connectivity index (χ4v) is 3.75. The number of hydrogen-bond acceptors (Lipinski definition) is 5. The highest BCUT2D eigenvalue weighted by Crippen LogP contribution is 2.24. The summed E-state index contributed by atoms with van der Waals surface area (Å²) in [4.78, 5) is 4.43. The molecule has 0 aliphatic carbocycles. The molecule has 1 heterocycles. The van der Waals surface area contributed by atoms with Crippen molar-refractivity contribution in [1.82, 2.24) is 9.29 Å². The average Bonchev–Trinajstić information content (AvgIpc) is 2.98. The van der Waals surface area contributed by atoms with Crippen molar-refractivity contribution in [2.45, 2.75) is 24.8 Å². The van der Waals surface area contributed by atoms with Crippen LogP contribution in [0.2, 0.25) is 0 Å². The molecule has 0 unspecified atom stereocenters. The number of anilines is 1. The van der Waals surface area contributed by atoms with Gasteiger partial charge >= 0.3 is 0 Å². The predicted octanol–water partition coefficient (Wildman–Crippen LogP) is 2.79. The number of para-hydroxylation sites is 1. The average molecular weight is 325 g/mol. The first kappa shape index (κ1) is 15.9. The van der Waals surface area contributed by atoms with Crippen LogP contribution in [0, 0.1) is 0 Å². The zero-order valence-corrected chi connectivity index (χ0v) is 13.7. The molecule has 1 aromatic heterocycles. The minimum atomic E-state index is -3.54. The van der Waals surface area contributed by atoms with E-state index in [4.69, 9.17) is 0 Å². The third-order valence-electron chi connectivity index (χ3n) is 3.01. The van der Waals surface area contributed by atoms with Crippen LogP contribution in [0.3, 0.4) is 0 Å². The van der Waals surface area contributed by atoms with Crippen molar-refractivity contribution in [2.24, 2.45) is 0 Å². The van der Waals surface area contributed by atoms with E-state index >= 15 is 0 Å². The van der Waals surface area contributed by atoms with E-state index in [9.17, 15) is 8.42 Å². The predicted molar refractivity (Wildman–Crippen MR) is 86.0 cm³/mol. The normalized spacial score (nSPS) is 11.8. The number of benzene rings is 1. The lowest BCUT2D eigenvalue weighted by Gasteiger charge is -2.19. The van der Waals surface area contributed by atoms with E-state index in [1.807, 2.05) is 18.4 Å². The molecule has 0 fully saturated rings. The van der Waals surface area contributed by atoms with Crippen molar-refractivity contribution in [2.75, 3.05) is 18.9 Å². The molecule has 0 saturated carbocycles. The molecule has 21 heavy (non-hydrogen) atoms. The molecule has 0 aliphatic heterocycles. The van der Waals surface area contributed by atoms with E-state index in [1.54, 1.807) is 30.8 Å². The quantitative estimate of drug-likeness (QED) is 0.850. The highest BCUT2D eigenvalue weighted by Gasteiger charge is 2.24. The molecule has 5 nitrogen and oxygen atoms in total. The molecule has 0 spiro atoms. The fourth-order valence-electron chi connectivity index (χ4n) is 1.89. The Kier molecular flexibility index (Phi) is 5.33. The summed E-state index contributed by atoms with van der Waals surface area (Å²) in [5.41, 5.74) is 3.10. The summed E-state index contributed by atoms with van der Waals surface area (Å²) in [6.45, 7) is 3.05. The number of sulfonamides is 1. The van der Waals surface area contributed by atoms with Crippen molar-refractivity contribution in [3.8, 4) is 0 Å². The second-order valence-corrected chi connectivity index (χ2v) is 7.40. The van der Waals surface area contributed by atoms with Gasteiger partial charge in [0.2, 0.25) is 10.0 Å². The first-order chi connectivity index (χ1) is 10.1. The summed E-state index contributed by atoms with van der Waals surface area (Å²) >= 11 is 1.46. The van der Waals surface area contributed by atoms with Crippen LogP contribution in [0.5, 0.6) is 0 Å². The molecule has 0 amide bonds. The first-order valence-electron chi connectivity index (χ1n) is 6.72. The Morgan fingerprint density at radius 1 is 1.33 bits per heavy atom. The maximum absolute atomic E-state index is 12.7. The van der Waals surface area contributed by atoms with E-state index in [2.05, 4.69) is 10.3 Å². The van der Waals surface area contributed by atoms with Gasteiger partial charge in [-0.2, -0.15) is 4.31 Å². The zero-order chi connectivity index (χ0) is 15.3. The molecule has 0 radical (unpaired) electrons. The molecule has 0 saturated heterocycles. The standard InChI is InChI=1S/C14H19N3O2S2/c1-3-8-15-13-6-4-5-7-14(13)21(18,19)17(2)9-12-10-20-11-16-12/h4-7,10-11,15H,3,8-9H2,1-2H3. The summed E-state index contributed by atoms with van der Waals surface area (Å²) in [5, 5.41) is 5.02. The van der Waals surface area contributed by atoms with Crippen LogP contribution in [-0.4, -0.2) is 31.3 Å². The van der Waals surface area contributed by atoms with E-state index in [-0.39, 0.29) is 6.54 Å². The third-order valence-corrected chi connectivity index (χ3v) is 5.51. The molecule has 1 aromatic carbocycles.